The summed E-state index contributed by atoms with van der Waals surface area (Å²) >= 11 is 1.73. The Bertz CT molecular complexity index is 600. The van der Waals surface area contributed by atoms with E-state index in [0.29, 0.717) is 13.2 Å². The predicted octanol–water partition coefficient (Wildman–Crippen LogP) is 3.88. The summed E-state index contributed by atoms with van der Waals surface area (Å²) in [6, 6.07) is 15.5. The second-order valence-corrected chi connectivity index (χ2v) is 5.50. The summed E-state index contributed by atoms with van der Waals surface area (Å²) in [5.74, 6) is 5.78. The molecular weight excluding hydrogens is 296 g/mol. The van der Waals surface area contributed by atoms with Crippen LogP contribution in [0.15, 0.2) is 53.4 Å². The molecule has 0 saturated heterocycles. The van der Waals surface area contributed by atoms with Crippen molar-refractivity contribution in [1.29, 1.82) is 0 Å². The van der Waals surface area contributed by atoms with Crippen LogP contribution in [0.1, 0.15) is 0 Å². The highest BCUT2D eigenvalue weighted by atomic mass is 32.2. The van der Waals surface area contributed by atoms with Gasteiger partial charge in [-0.1, -0.05) is 5.92 Å². The molecule has 0 saturated carbocycles. The predicted molar refractivity (Wildman–Crippen MR) is 90.0 cm³/mol. The van der Waals surface area contributed by atoms with Gasteiger partial charge in [0.1, 0.15) is 23.9 Å². The third kappa shape index (κ3) is 5.27. The van der Waals surface area contributed by atoms with Gasteiger partial charge in [-0.25, -0.2) is 0 Å². The molecule has 0 unspecified atom stereocenters. The highest BCUT2D eigenvalue weighted by Crippen LogP contribution is 2.22. The van der Waals surface area contributed by atoms with Gasteiger partial charge in [0.05, 0.1) is 13.7 Å². The Balaban J connectivity index is 1.70. The minimum Gasteiger partial charge on any atom is -0.497 e. The first-order chi connectivity index (χ1) is 10.8. The number of rotatable bonds is 8. The second kappa shape index (κ2) is 8.91. The standard InChI is InChI=1S/C18H18O3S/c1-3-12-20-17-8-10-18(11-9-17)22-14-13-21-16-6-4-15(19-2)5-7-16/h1,4-11H,12-14H2,2H3. The van der Waals surface area contributed by atoms with Crippen molar-refractivity contribution >= 4 is 11.8 Å². The molecule has 2 aromatic carbocycles. The minimum atomic E-state index is 0.294. The number of hydrogen-bond acceptors (Lipinski definition) is 4. The van der Waals surface area contributed by atoms with Crippen LogP contribution in [0.25, 0.3) is 0 Å². The molecule has 4 heteroatoms. The van der Waals surface area contributed by atoms with Gasteiger partial charge in [-0.15, -0.1) is 18.2 Å². The Labute approximate surface area is 135 Å². The van der Waals surface area contributed by atoms with Crippen molar-refractivity contribution in [2.24, 2.45) is 0 Å². The van der Waals surface area contributed by atoms with Crippen LogP contribution in [-0.4, -0.2) is 26.1 Å². The molecule has 0 aliphatic rings. The Hall–Kier alpha value is -2.25. The largest absolute Gasteiger partial charge is 0.497 e. The molecule has 0 amide bonds. The highest BCUT2D eigenvalue weighted by Gasteiger charge is 1.98. The van der Waals surface area contributed by atoms with Crippen LogP contribution < -0.4 is 14.2 Å². The van der Waals surface area contributed by atoms with Gasteiger partial charge in [0.15, 0.2) is 0 Å². The first kappa shape index (κ1) is 16.1. The molecule has 0 aliphatic heterocycles. The van der Waals surface area contributed by atoms with Gasteiger partial charge in [-0.3, -0.25) is 0 Å². The fourth-order valence-corrected chi connectivity index (χ4v) is 2.48. The summed E-state index contributed by atoms with van der Waals surface area (Å²) in [6.45, 7) is 0.939. The lowest BCUT2D eigenvalue weighted by Gasteiger charge is -2.07. The molecule has 0 spiro atoms. The molecule has 0 N–H and O–H groups in total. The lowest BCUT2D eigenvalue weighted by molar-refractivity contribution is 0.342. The van der Waals surface area contributed by atoms with Crippen LogP contribution in [-0.2, 0) is 0 Å². The summed E-state index contributed by atoms with van der Waals surface area (Å²) in [6.07, 6.45) is 5.15. The molecule has 0 radical (unpaired) electrons. The van der Waals surface area contributed by atoms with Crippen LogP contribution in [0.3, 0.4) is 0 Å². The van der Waals surface area contributed by atoms with E-state index >= 15 is 0 Å². The van der Waals surface area contributed by atoms with E-state index in [0.717, 1.165) is 23.0 Å². The van der Waals surface area contributed by atoms with Crippen LogP contribution in [0.4, 0.5) is 0 Å². The quantitative estimate of drug-likeness (QED) is 0.420. The zero-order valence-corrected chi connectivity index (χ0v) is 13.3. The average molecular weight is 314 g/mol. The molecule has 0 aliphatic carbocycles. The Morgan fingerprint density at radius 1 is 0.909 bits per heavy atom. The molecule has 3 nitrogen and oxygen atoms in total. The van der Waals surface area contributed by atoms with Crippen molar-refractivity contribution in [1.82, 2.24) is 0 Å². The van der Waals surface area contributed by atoms with E-state index in [1.165, 1.54) is 4.90 Å². The number of hydrogen-bond donors (Lipinski definition) is 0. The van der Waals surface area contributed by atoms with Crippen LogP contribution in [0.5, 0.6) is 17.2 Å². The monoisotopic (exact) mass is 314 g/mol. The van der Waals surface area contributed by atoms with Gasteiger partial charge >= 0.3 is 0 Å². The van der Waals surface area contributed by atoms with Gasteiger partial charge in [0, 0.05) is 10.6 Å². The van der Waals surface area contributed by atoms with Gasteiger partial charge in [-0.05, 0) is 48.5 Å². The fraction of sp³-hybridized carbons (Fsp3) is 0.222. The lowest BCUT2D eigenvalue weighted by atomic mass is 10.3. The van der Waals surface area contributed by atoms with Crippen molar-refractivity contribution in [3.63, 3.8) is 0 Å². The van der Waals surface area contributed by atoms with Crippen molar-refractivity contribution in [2.75, 3.05) is 26.1 Å². The van der Waals surface area contributed by atoms with E-state index in [9.17, 15) is 0 Å². The van der Waals surface area contributed by atoms with E-state index in [4.69, 9.17) is 20.6 Å². The van der Waals surface area contributed by atoms with E-state index in [-0.39, 0.29) is 0 Å². The summed E-state index contributed by atoms with van der Waals surface area (Å²) < 4.78 is 16.1. The zero-order valence-electron chi connectivity index (χ0n) is 12.5. The molecule has 0 bridgehead atoms. The average Bonchev–Trinajstić information content (AvgIpc) is 2.58. The maximum Gasteiger partial charge on any atom is 0.148 e. The van der Waals surface area contributed by atoms with Gasteiger partial charge in [0.25, 0.3) is 0 Å². The minimum absolute atomic E-state index is 0.294. The van der Waals surface area contributed by atoms with Gasteiger partial charge < -0.3 is 14.2 Å². The summed E-state index contributed by atoms with van der Waals surface area (Å²) in [7, 11) is 1.65. The van der Waals surface area contributed by atoms with Crippen molar-refractivity contribution < 1.29 is 14.2 Å². The maximum absolute atomic E-state index is 5.68. The highest BCUT2D eigenvalue weighted by molar-refractivity contribution is 7.99. The van der Waals surface area contributed by atoms with Crippen molar-refractivity contribution in [3.8, 4) is 29.6 Å². The maximum atomic E-state index is 5.68. The Morgan fingerprint density at radius 2 is 1.50 bits per heavy atom. The molecular formula is C18H18O3S. The Morgan fingerprint density at radius 3 is 2.14 bits per heavy atom. The second-order valence-electron chi connectivity index (χ2n) is 4.34. The summed E-state index contributed by atoms with van der Waals surface area (Å²) in [5, 5.41) is 0. The number of ether oxygens (including phenoxy) is 3. The molecule has 0 fully saturated rings. The third-order valence-corrected chi connectivity index (χ3v) is 3.80. The smallest absolute Gasteiger partial charge is 0.148 e. The summed E-state index contributed by atoms with van der Waals surface area (Å²) in [4.78, 5) is 1.17. The van der Waals surface area contributed by atoms with E-state index in [1.54, 1.807) is 18.9 Å². The van der Waals surface area contributed by atoms with Crippen LogP contribution in [0.2, 0.25) is 0 Å². The molecule has 0 aromatic heterocycles. The molecule has 0 heterocycles. The van der Waals surface area contributed by atoms with Crippen molar-refractivity contribution in [3.05, 3.63) is 48.5 Å². The summed E-state index contributed by atoms with van der Waals surface area (Å²) in [5.41, 5.74) is 0. The van der Waals surface area contributed by atoms with Crippen LogP contribution in [0, 0.1) is 12.3 Å². The molecule has 2 aromatic rings. The van der Waals surface area contributed by atoms with E-state index in [2.05, 4.69) is 5.92 Å². The van der Waals surface area contributed by atoms with Crippen LogP contribution >= 0.6 is 11.8 Å². The number of thioether (sulfide) groups is 1. The fourth-order valence-electron chi connectivity index (χ4n) is 1.75. The molecule has 2 rings (SSSR count). The first-order valence-electron chi connectivity index (χ1n) is 6.88. The van der Waals surface area contributed by atoms with E-state index in [1.807, 2.05) is 48.5 Å². The Kier molecular flexibility index (Phi) is 6.53. The number of benzene rings is 2. The molecule has 0 atom stereocenters. The van der Waals surface area contributed by atoms with Gasteiger partial charge in [-0.2, -0.15) is 0 Å². The number of methoxy groups -OCH3 is 1. The zero-order chi connectivity index (χ0) is 15.6. The van der Waals surface area contributed by atoms with Gasteiger partial charge in [0.2, 0.25) is 0 Å². The third-order valence-electron chi connectivity index (χ3n) is 2.83. The van der Waals surface area contributed by atoms with E-state index < -0.39 is 0 Å². The molecule has 22 heavy (non-hydrogen) atoms. The molecule has 114 valence electrons. The normalized spacial score (nSPS) is 9.82. The number of terminal acetylenes is 1. The topological polar surface area (TPSA) is 27.7 Å². The lowest BCUT2D eigenvalue weighted by Crippen LogP contribution is -2.00. The van der Waals surface area contributed by atoms with Crippen molar-refractivity contribution in [2.45, 2.75) is 4.90 Å². The first-order valence-corrected chi connectivity index (χ1v) is 7.86. The SMILES string of the molecule is C#CCOc1ccc(SCCOc2ccc(OC)cc2)cc1.